The van der Waals surface area contributed by atoms with Crippen molar-refractivity contribution in [3.8, 4) is 11.3 Å². The number of nitrogens with zero attached hydrogens (tertiary/aromatic N) is 1. The third-order valence-corrected chi connectivity index (χ3v) is 2.60. The topological polar surface area (TPSA) is 52.0 Å². The zero-order valence-corrected chi connectivity index (χ0v) is 9.79. The van der Waals surface area contributed by atoms with Crippen LogP contribution in [-0.2, 0) is 6.42 Å². The van der Waals surface area contributed by atoms with Gasteiger partial charge in [-0.25, -0.2) is 4.98 Å². The Hall–Kier alpha value is -1.32. The van der Waals surface area contributed by atoms with E-state index in [1.54, 1.807) is 6.20 Å². The molecule has 1 heterocycles. The lowest BCUT2D eigenvalue weighted by atomic mass is 10.1. The van der Waals surface area contributed by atoms with Gasteiger partial charge in [-0.05, 0) is 30.7 Å². The molecule has 84 valence electrons. The monoisotopic (exact) mass is 236 g/mol. The molecule has 0 saturated carbocycles. The van der Waals surface area contributed by atoms with E-state index in [2.05, 4.69) is 4.98 Å². The highest BCUT2D eigenvalue weighted by molar-refractivity contribution is 6.30. The Morgan fingerprint density at radius 1 is 1.44 bits per heavy atom. The van der Waals surface area contributed by atoms with E-state index < -0.39 is 0 Å². The summed E-state index contributed by atoms with van der Waals surface area (Å²) in [6.07, 6.45) is 2.38. The van der Waals surface area contributed by atoms with Crippen molar-refractivity contribution in [3.05, 3.63) is 40.9 Å². The van der Waals surface area contributed by atoms with E-state index in [4.69, 9.17) is 21.8 Å². The number of nitrogens with two attached hydrogens (primary N) is 1. The Morgan fingerprint density at radius 2 is 2.25 bits per heavy atom. The van der Waals surface area contributed by atoms with E-state index in [0.717, 1.165) is 21.9 Å². The molecule has 2 aromatic rings. The predicted octanol–water partition coefficient (Wildman–Crippen LogP) is 2.80. The maximum atomic E-state index is 5.90. The van der Waals surface area contributed by atoms with Gasteiger partial charge in [0, 0.05) is 23.6 Å². The van der Waals surface area contributed by atoms with Crippen LogP contribution in [0, 0.1) is 6.92 Å². The maximum Gasteiger partial charge on any atom is 0.196 e. The van der Waals surface area contributed by atoms with Crippen molar-refractivity contribution in [2.45, 2.75) is 13.3 Å². The lowest BCUT2D eigenvalue weighted by molar-refractivity contribution is 0.508. The summed E-state index contributed by atoms with van der Waals surface area (Å²) in [5.41, 5.74) is 7.53. The van der Waals surface area contributed by atoms with Crippen molar-refractivity contribution in [3.63, 3.8) is 0 Å². The van der Waals surface area contributed by atoms with Gasteiger partial charge in [0.05, 0.1) is 6.20 Å². The Kier molecular flexibility index (Phi) is 3.27. The molecule has 0 aliphatic rings. The smallest absolute Gasteiger partial charge is 0.196 e. The number of aryl methyl sites for hydroxylation is 1. The molecule has 2 N–H and O–H groups in total. The van der Waals surface area contributed by atoms with Crippen LogP contribution in [0.3, 0.4) is 0 Å². The molecule has 0 saturated heterocycles. The zero-order chi connectivity index (χ0) is 11.5. The van der Waals surface area contributed by atoms with Crippen LogP contribution in [0.25, 0.3) is 11.3 Å². The van der Waals surface area contributed by atoms with Crippen molar-refractivity contribution < 1.29 is 4.42 Å². The molecule has 16 heavy (non-hydrogen) atoms. The molecule has 0 fully saturated rings. The molecule has 0 radical (unpaired) electrons. The summed E-state index contributed by atoms with van der Waals surface area (Å²) in [4.78, 5) is 4.17. The Morgan fingerprint density at radius 3 is 2.94 bits per heavy atom. The Bertz CT molecular complexity index is 494. The Labute approximate surface area is 99.2 Å². The van der Waals surface area contributed by atoms with Gasteiger partial charge in [-0.2, -0.15) is 0 Å². The molecular formula is C12H13ClN2O. The number of hydrogen-bond acceptors (Lipinski definition) is 3. The summed E-state index contributed by atoms with van der Waals surface area (Å²) in [5, 5.41) is 0.725. The van der Waals surface area contributed by atoms with Gasteiger partial charge >= 0.3 is 0 Å². The number of aromatic nitrogens is 1. The number of halogens is 1. The highest BCUT2D eigenvalue weighted by Gasteiger charge is 2.08. The lowest BCUT2D eigenvalue weighted by Crippen LogP contribution is -2.02. The summed E-state index contributed by atoms with van der Waals surface area (Å²) >= 11 is 5.90. The predicted molar refractivity (Wildman–Crippen MR) is 64.4 cm³/mol. The van der Waals surface area contributed by atoms with E-state index in [1.807, 2.05) is 25.1 Å². The zero-order valence-electron chi connectivity index (χ0n) is 9.03. The SMILES string of the molecule is Cc1cc(Cl)ccc1-c1cnc(CCN)o1. The number of oxazole rings is 1. The molecule has 1 aromatic carbocycles. The van der Waals surface area contributed by atoms with E-state index in [1.165, 1.54) is 0 Å². The molecule has 0 aliphatic heterocycles. The van der Waals surface area contributed by atoms with E-state index in [9.17, 15) is 0 Å². The number of hydrogen-bond donors (Lipinski definition) is 1. The van der Waals surface area contributed by atoms with Gasteiger partial charge in [0.1, 0.15) is 0 Å². The van der Waals surface area contributed by atoms with Crippen LogP contribution in [0.2, 0.25) is 5.02 Å². The normalized spacial score (nSPS) is 10.7. The first-order valence-corrected chi connectivity index (χ1v) is 5.50. The molecule has 0 spiro atoms. The summed E-state index contributed by atoms with van der Waals surface area (Å²) < 4.78 is 5.60. The van der Waals surface area contributed by atoms with Gasteiger partial charge in [-0.15, -0.1) is 0 Å². The molecule has 0 unspecified atom stereocenters. The summed E-state index contributed by atoms with van der Waals surface area (Å²) in [5.74, 6) is 1.43. The van der Waals surface area contributed by atoms with Crippen molar-refractivity contribution in [1.82, 2.24) is 4.98 Å². The molecule has 1 aromatic heterocycles. The van der Waals surface area contributed by atoms with Crippen molar-refractivity contribution in [2.75, 3.05) is 6.54 Å². The maximum absolute atomic E-state index is 5.90. The highest BCUT2D eigenvalue weighted by atomic mass is 35.5. The van der Waals surface area contributed by atoms with Crippen LogP contribution < -0.4 is 5.73 Å². The standard InChI is InChI=1S/C12H13ClN2O/c1-8-6-9(13)2-3-10(8)11-7-15-12(16-11)4-5-14/h2-3,6-7H,4-5,14H2,1H3. The van der Waals surface area contributed by atoms with Gasteiger partial charge in [0.2, 0.25) is 0 Å². The van der Waals surface area contributed by atoms with Gasteiger partial charge < -0.3 is 10.2 Å². The Balaban J connectivity index is 2.35. The number of benzene rings is 1. The van der Waals surface area contributed by atoms with E-state index in [0.29, 0.717) is 18.9 Å². The van der Waals surface area contributed by atoms with Crippen LogP contribution in [0.4, 0.5) is 0 Å². The number of rotatable bonds is 3. The first-order valence-electron chi connectivity index (χ1n) is 5.12. The van der Waals surface area contributed by atoms with E-state index >= 15 is 0 Å². The lowest BCUT2D eigenvalue weighted by Gasteiger charge is -2.01. The fourth-order valence-electron chi connectivity index (χ4n) is 1.58. The summed E-state index contributed by atoms with van der Waals surface area (Å²) in [7, 11) is 0. The minimum absolute atomic E-state index is 0.541. The molecule has 4 heteroatoms. The van der Waals surface area contributed by atoms with E-state index in [-0.39, 0.29) is 0 Å². The second kappa shape index (κ2) is 4.68. The second-order valence-electron chi connectivity index (χ2n) is 3.62. The van der Waals surface area contributed by atoms with Crippen LogP contribution >= 0.6 is 11.6 Å². The van der Waals surface area contributed by atoms with Crippen LogP contribution in [0.1, 0.15) is 11.5 Å². The van der Waals surface area contributed by atoms with Crippen LogP contribution in [0.15, 0.2) is 28.8 Å². The summed E-state index contributed by atoms with van der Waals surface area (Å²) in [6.45, 7) is 2.53. The molecule has 0 bridgehead atoms. The fraction of sp³-hybridized carbons (Fsp3) is 0.250. The molecule has 2 rings (SSSR count). The average molecular weight is 237 g/mol. The first kappa shape index (κ1) is 11.2. The fourth-order valence-corrected chi connectivity index (χ4v) is 1.80. The molecular weight excluding hydrogens is 224 g/mol. The second-order valence-corrected chi connectivity index (χ2v) is 4.05. The largest absolute Gasteiger partial charge is 0.441 e. The third kappa shape index (κ3) is 2.26. The molecule has 0 atom stereocenters. The van der Waals surface area contributed by atoms with Gasteiger partial charge in [-0.3, -0.25) is 0 Å². The minimum atomic E-state index is 0.541. The van der Waals surface area contributed by atoms with Crippen molar-refractivity contribution >= 4 is 11.6 Å². The minimum Gasteiger partial charge on any atom is -0.441 e. The third-order valence-electron chi connectivity index (χ3n) is 2.37. The molecule has 3 nitrogen and oxygen atoms in total. The van der Waals surface area contributed by atoms with Gasteiger partial charge in [0.25, 0.3) is 0 Å². The van der Waals surface area contributed by atoms with Crippen molar-refractivity contribution in [1.29, 1.82) is 0 Å². The van der Waals surface area contributed by atoms with Crippen LogP contribution in [-0.4, -0.2) is 11.5 Å². The highest BCUT2D eigenvalue weighted by Crippen LogP contribution is 2.26. The summed E-state index contributed by atoms with van der Waals surface area (Å²) in [6, 6.07) is 5.68. The van der Waals surface area contributed by atoms with Crippen LogP contribution in [0.5, 0.6) is 0 Å². The molecule has 0 aliphatic carbocycles. The average Bonchev–Trinajstić information content (AvgIpc) is 2.67. The quantitative estimate of drug-likeness (QED) is 0.892. The van der Waals surface area contributed by atoms with Gasteiger partial charge in [0.15, 0.2) is 11.7 Å². The molecule has 0 amide bonds. The van der Waals surface area contributed by atoms with Crippen molar-refractivity contribution in [2.24, 2.45) is 5.73 Å². The first-order chi connectivity index (χ1) is 7.70. The van der Waals surface area contributed by atoms with Gasteiger partial charge in [-0.1, -0.05) is 11.6 Å².